The molecule has 8 nitrogen and oxygen atoms in total. The number of carboxylic acids is 1. The Morgan fingerprint density at radius 3 is 2.41 bits per heavy atom. The highest BCUT2D eigenvalue weighted by Gasteiger charge is 2.27. The zero-order chi connectivity index (χ0) is 19.4. The second-order valence-corrected chi connectivity index (χ2v) is 5.63. The van der Waals surface area contributed by atoms with Gasteiger partial charge in [0.1, 0.15) is 17.9 Å². The Morgan fingerprint density at radius 1 is 1.00 bits per heavy atom. The number of carbonyl (C=O) groups is 4. The molecular weight excluding hydrogens is 352 g/mol. The van der Waals surface area contributed by atoms with Crippen LogP contribution in [0.3, 0.4) is 0 Å². The van der Waals surface area contributed by atoms with Gasteiger partial charge in [0.15, 0.2) is 0 Å². The van der Waals surface area contributed by atoms with E-state index in [-0.39, 0.29) is 17.7 Å². The van der Waals surface area contributed by atoms with Gasteiger partial charge in [-0.25, -0.2) is 9.59 Å². The monoisotopic (exact) mass is 366 g/mol. The van der Waals surface area contributed by atoms with E-state index >= 15 is 0 Å². The third-order valence-electron chi connectivity index (χ3n) is 3.73. The van der Waals surface area contributed by atoms with E-state index in [0.717, 1.165) is 0 Å². The molecule has 1 aliphatic rings. The van der Waals surface area contributed by atoms with Gasteiger partial charge in [-0.3, -0.25) is 20.2 Å². The predicted molar refractivity (Wildman–Crippen MR) is 93.8 cm³/mol. The summed E-state index contributed by atoms with van der Waals surface area (Å²) in [6.45, 7) is 0.0954. The van der Waals surface area contributed by atoms with E-state index in [1.54, 1.807) is 36.4 Å². The lowest BCUT2D eigenvalue weighted by molar-refractivity contribution is -0.123. The summed E-state index contributed by atoms with van der Waals surface area (Å²) >= 11 is 0. The van der Waals surface area contributed by atoms with Gasteiger partial charge in [0.25, 0.3) is 11.8 Å². The second kappa shape index (κ2) is 7.52. The Morgan fingerprint density at radius 2 is 1.70 bits per heavy atom. The summed E-state index contributed by atoms with van der Waals surface area (Å²) in [6.07, 6.45) is 1.32. The van der Waals surface area contributed by atoms with Crippen LogP contribution in [0.4, 0.5) is 4.79 Å². The third kappa shape index (κ3) is 4.18. The molecule has 8 heteroatoms. The summed E-state index contributed by atoms with van der Waals surface area (Å²) in [5.74, 6) is -2.24. The molecule has 1 aliphatic heterocycles. The lowest BCUT2D eigenvalue weighted by Crippen LogP contribution is -2.51. The Balaban J connectivity index is 1.82. The Kier molecular flexibility index (Phi) is 4.98. The number of para-hydroxylation sites is 1. The molecule has 1 fully saturated rings. The van der Waals surface area contributed by atoms with Gasteiger partial charge in [-0.1, -0.05) is 30.3 Å². The minimum Gasteiger partial charge on any atom is -0.488 e. The SMILES string of the molecule is O=C1NC(=O)C(=Cc2ccccc2OCc2cccc(C(=O)O)c2)C(=O)N1. The van der Waals surface area contributed by atoms with Crippen LogP contribution in [0.15, 0.2) is 54.1 Å². The molecule has 3 N–H and O–H groups in total. The normalized spacial score (nSPS) is 13.6. The van der Waals surface area contributed by atoms with Crippen LogP contribution in [-0.2, 0) is 16.2 Å². The van der Waals surface area contributed by atoms with Gasteiger partial charge < -0.3 is 9.84 Å². The Labute approximate surface area is 153 Å². The number of urea groups is 1. The van der Waals surface area contributed by atoms with Crippen LogP contribution in [0, 0.1) is 0 Å². The van der Waals surface area contributed by atoms with Gasteiger partial charge in [-0.05, 0) is 29.8 Å². The molecule has 0 bridgehead atoms. The molecule has 0 aliphatic carbocycles. The molecule has 2 aromatic carbocycles. The van der Waals surface area contributed by atoms with Crippen molar-refractivity contribution in [3.63, 3.8) is 0 Å². The molecule has 1 heterocycles. The molecule has 0 saturated carbocycles. The Bertz CT molecular complexity index is 958. The zero-order valence-corrected chi connectivity index (χ0v) is 13.9. The molecule has 0 unspecified atom stereocenters. The topological polar surface area (TPSA) is 122 Å². The van der Waals surface area contributed by atoms with Crippen LogP contribution in [0.25, 0.3) is 6.08 Å². The van der Waals surface area contributed by atoms with E-state index < -0.39 is 23.8 Å². The van der Waals surface area contributed by atoms with Gasteiger partial charge >= 0.3 is 12.0 Å². The number of aromatic carboxylic acids is 1. The molecule has 136 valence electrons. The molecule has 27 heavy (non-hydrogen) atoms. The first-order valence-corrected chi connectivity index (χ1v) is 7.86. The zero-order valence-electron chi connectivity index (χ0n) is 13.9. The minimum atomic E-state index is -1.04. The van der Waals surface area contributed by atoms with Crippen LogP contribution < -0.4 is 15.4 Å². The number of carbonyl (C=O) groups excluding carboxylic acids is 3. The molecule has 4 amide bonds. The molecule has 2 aromatic rings. The van der Waals surface area contributed by atoms with E-state index in [4.69, 9.17) is 9.84 Å². The highest BCUT2D eigenvalue weighted by atomic mass is 16.5. The maximum absolute atomic E-state index is 11.9. The summed E-state index contributed by atoms with van der Waals surface area (Å²) in [7, 11) is 0. The smallest absolute Gasteiger partial charge is 0.335 e. The minimum absolute atomic E-state index is 0.0954. The van der Waals surface area contributed by atoms with Crippen molar-refractivity contribution in [2.45, 2.75) is 6.61 Å². The number of barbiturate groups is 1. The van der Waals surface area contributed by atoms with Crippen molar-refractivity contribution < 1.29 is 29.0 Å². The molecule has 0 aromatic heterocycles. The van der Waals surface area contributed by atoms with Crippen molar-refractivity contribution in [3.05, 3.63) is 70.8 Å². The Hall–Kier alpha value is -3.94. The second-order valence-electron chi connectivity index (χ2n) is 5.63. The number of nitrogens with one attached hydrogen (secondary N) is 2. The number of benzene rings is 2. The number of ether oxygens (including phenoxy) is 1. The number of hydrogen-bond acceptors (Lipinski definition) is 5. The molecule has 3 rings (SSSR count). The number of carboxylic acid groups (broad SMARTS) is 1. The van der Waals surface area contributed by atoms with Crippen LogP contribution in [0.2, 0.25) is 0 Å². The van der Waals surface area contributed by atoms with E-state index in [0.29, 0.717) is 16.9 Å². The lowest BCUT2D eigenvalue weighted by Gasteiger charge is -2.15. The molecule has 0 atom stereocenters. The fraction of sp³-hybridized carbons (Fsp3) is 0.0526. The first kappa shape index (κ1) is 17.9. The highest BCUT2D eigenvalue weighted by molar-refractivity contribution is 6.31. The van der Waals surface area contributed by atoms with E-state index in [1.165, 1.54) is 18.2 Å². The van der Waals surface area contributed by atoms with Crippen molar-refractivity contribution in [1.29, 1.82) is 0 Å². The standard InChI is InChI=1S/C19H14N2O6/c22-16-14(17(23)21-19(26)20-16)9-12-5-1-2-7-15(12)27-10-11-4-3-6-13(8-11)18(24)25/h1-9H,10H2,(H,24,25)(H2,20,21,22,23,26). The van der Waals surface area contributed by atoms with Crippen LogP contribution >= 0.6 is 0 Å². The van der Waals surface area contributed by atoms with Gasteiger partial charge in [0, 0.05) is 5.56 Å². The van der Waals surface area contributed by atoms with Gasteiger partial charge in [-0.2, -0.15) is 0 Å². The maximum atomic E-state index is 11.9. The summed E-state index contributed by atoms with van der Waals surface area (Å²) < 4.78 is 5.72. The highest BCUT2D eigenvalue weighted by Crippen LogP contribution is 2.23. The number of amides is 4. The van der Waals surface area contributed by atoms with Crippen molar-refractivity contribution >= 4 is 29.9 Å². The summed E-state index contributed by atoms with van der Waals surface area (Å²) in [5, 5.41) is 13.0. The fourth-order valence-electron chi connectivity index (χ4n) is 2.45. The maximum Gasteiger partial charge on any atom is 0.335 e. The molecular formula is C19H14N2O6. The van der Waals surface area contributed by atoms with E-state index in [2.05, 4.69) is 0 Å². The predicted octanol–water partition coefficient (Wildman–Crippen LogP) is 1.71. The quantitative estimate of drug-likeness (QED) is 0.547. The van der Waals surface area contributed by atoms with Crippen LogP contribution in [0.5, 0.6) is 5.75 Å². The first-order valence-electron chi connectivity index (χ1n) is 7.86. The molecule has 1 saturated heterocycles. The van der Waals surface area contributed by atoms with Crippen molar-refractivity contribution in [2.24, 2.45) is 0 Å². The summed E-state index contributed by atoms with van der Waals surface area (Å²) in [4.78, 5) is 45.9. The average Bonchev–Trinajstić information content (AvgIpc) is 2.64. The summed E-state index contributed by atoms with van der Waals surface area (Å²) in [6, 6.07) is 12.2. The first-order chi connectivity index (χ1) is 12.9. The van der Waals surface area contributed by atoms with Crippen molar-refractivity contribution in [1.82, 2.24) is 10.6 Å². The molecule has 0 radical (unpaired) electrons. The largest absolute Gasteiger partial charge is 0.488 e. The number of hydrogen-bond donors (Lipinski definition) is 3. The average molecular weight is 366 g/mol. The lowest BCUT2D eigenvalue weighted by atomic mass is 10.1. The number of imide groups is 2. The summed E-state index contributed by atoms with van der Waals surface area (Å²) in [5.41, 5.74) is 1.03. The third-order valence-corrected chi connectivity index (χ3v) is 3.73. The van der Waals surface area contributed by atoms with Gasteiger partial charge in [0.2, 0.25) is 0 Å². The van der Waals surface area contributed by atoms with E-state index in [1.807, 2.05) is 10.6 Å². The number of rotatable bonds is 5. The van der Waals surface area contributed by atoms with Gasteiger partial charge in [-0.15, -0.1) is 0 Å². The van der Waals surface area contributed by atoms with Crippen LogP contribution in [-0.4, -0.2) is 28.9 Å². The van der Waals surface area contributed by atoms with Crippen molar-refractivity contribution in [3.8, 4) is 5.75 Å². The van der Waals surface area contributed by atoms with E-state index in [9.17, 15) is 19.2 Å². The van der Waals surface area contributed by atoms with Crippen molar-refractivity contribution in [2.75, 3.05) is 0 Å². The fourth-order valence-corrected chi connectivity index (χ4v) is 2.45. The molecule has 0 spiro atoms. The van der Waals surface area contributed by atoms with Crippen LogP contribution in [0.1, 0.15) is 21.5 Å². The van der Waals surface area contributed by atoms with Gasteiger partial charge in [0.05, 0.1) is 5.56 Å².